The number of hydrogen-bond acceptors (Lipinski definition) is 4. The van der Waals surface area contributed by atoms with Crippen LogP contribution in [-0.2, 0) is 4.79 Å². The van der Waals surface area contributed by atoms with Crippen LogP contribution in [0.5, 0.6) is 0 Å². The summed E-state index contributed by atoms with van der Waals surface area (Å²) < 4.78 is 13.4. The van der Waals surface area contributed by atoms with E-state index in [4.69, 9.17) is 0 Å². The molecule has 0 fully saturated rings. The van der Waals surface area contributed by atoms with Crippen LogP contribution in [0.4, 0.5) is 15.8 Å². The molecule has 0 aliphatic carbocycles. The number of halogens is 1. The fourth-order valence-electron chi connectivity index (χ4n) is 1.68. The van der Waals surface area contributed by atoms with Crippen LogP contribution in [0.25, 0.3) is 0 Å². The van der Waals surface area contributed by atoms with Gasteiger partial charge in [0, 0.05) is 6.07 Å². The molecule has 1 N–H and O–H groups in total. The van der Waals surface area contributed by atoms with Gasteiger partial charge in [0.15, 0.2) is 0 Å². The van der Waals surface area contributed by atoms with Crippen molar-refractivity contribution in [1.29, 1.82) is 0 Å². The molecule has 1 aromatic carbocycles. The zero-order chi connectivity index (χ0) is 11.9. The number of carbonyl (C=O) groups excluding carboxylic acids is 1. The van der Waals surface area contributed by atoms with Gasteiger partial charge >= 0.3 is 0 Å². The number of rotatable bonds is 2. The molecule has 0 radical (unpaired) electrons. The molecule has 1 aliphatic rings. The first-order chi connectivity index (χ1) is 7.56. The average Bonchev–Trinajstić information content (AvgIpc) is 2.55. The molecule has 0 bridgehead atoms. The lowest BCUT2D eigenvalue weighted by molar-refractivity contribution is -0.385. The van der Waals surface area contributed by atoms with Crippen molar-refractivity contribution >= 4 is 29.0 Å². The lowest BCUT2D eigenvalue weighted by Gasteiger charge is -2.05. The summed E-state index contributed by atoms with van der Waals surface area (Å²) in [6.45, 7) is 0. The number of nitrogens with one attached hydrogen (secondary N) is 1. The van der Waals surface area contributed by atoms with E-state index in [-0.39, 0.29) is 16.9 Å². The lowest BCUT2D eigenvalue weighted by Crippen LogP contribution is -2.09. The van der Waals surface area contributed by atoms with Crippen LogP contribution in [0.3, 0.4) is 0 Å². The van der Waals surface area contributed by atoms with Gasteiger partial charge in [0.1, 0.15) is 11.1 Å². The molecule has 1 unspecified atom stereocenters. The highest BCUT2D eigenvalue weighted by molar-refractivity contribution is 7.99. The first-order valence-electron chi connectivity index (χ1n) is 4.36. The van der Waals surface area contributed by atoms with E-state index in [2.05, 4.69) is 5.32 Å². The number of thioether (sulfide) groups is 1. The Morgan fingerprint density at radius 3 is 2.81 bits per heavy atom. The van der Waals surface area contributed by atoms with Crippen molar-refractivity contribution in [3.05, 3.63) is 33.6 Å². The van der Waals surface area contributed by atoms with Crippen LogP contribution in [0.1, 0.15) is 10.8 Å². The van der Waals surface area contributed by atoms with Gasteiger partial charge in [-0.3, -0.25) is 14.9 Å². The number of hydrogen-bond donors (Lipinski definition) is 1. The molecule has 1 aliphatic heterocycles. The number of fused-ring (bicyclic) bond motifs is 1. The minimum atomic E-state index is -0.717. The van der Waals surface area contributed by atoms with E-state index in [1.165, 1.54) is 0 Å². The van der Waals surface area contributed by atoms with Gasteiger partial charge < -0.3 is 5.32 Å². The fraction of sp³-hybridized carbons (Fsp3) is 0.222. The maximum atomic E-state index is 13.4. The van der Waals surface area contributed by atoms with Crippen LogP contribution >= 0.6 is 11.8 Å². The smallest absolute Gasteiger partial charge is 0.276 e. The fourth-order valence-corrected chi connectivity index (χ4v) is 2.43. The Balaban J connectivity index is 2.68. The first-order valence-corrected chi connectivity index (χ1v) is 5.65. The van der Waals surface area contributed by atoms with Gasteiger partial charge in [0.05, 0.1) is 16.2 Å². The van der Waals surface area contributed by atoms with Crippen LogP contribution in [0.2, 0.25) is 0 Å². The van der Waals surface area contributed by atoms with Crippen LogP contribution in [0, 0.1) is 15.9 Å². The topological polar surface area (TPSA) is 72.2 Å². The Morgan fingerprint density at radius 2 is 2.25 bits per heavy atom. The average molecular weight is 242 g/mol. The van der Waals surface area contributed by atoms with E-state index < -0.39 is 21.9 Å². The predicted molar refractivity (Wildman–Crippen MR) is 57.9 cm³/mol. The van der Waals surface area contributed by atoms with Gasteiger partial charge in [0.2, 0.25) is 5.91 Å². The summed E-state index contributed by atoms with van der Waals surface area (Å²) in [5.41, 5.74) is -0.171. The van der Waals surface area contributed by atoms with E-state index in [1.54, 1.807) is 6.26 Å². The molecule has 1 atom stereocenters. The highest BCUT2D eigenvalue weighted by atomic mass is 32.2. The Labute approximate surface area is 94.2 Å². The minimum absolute atomic E-state index is 0.0708. The molecule has 5 nitrogen and oxygen atoms in total. The van der Waals surface area contributed by atoms with Gasteiger partial charge in [-0.25, -0.2) is 4.39 Å². The Morgan fingerprint density at radius 1 is 1.56 bits per heavy atom. The molecular formula is C9H7FN2O3S. The van der Waals surface area contributed by atoms with Gasteiger partial charge in [-0.2, -0.15) is 0 Å². The number of nitro groups is 1. The highest BCUT2D eigenvalue weighted by Crippen LogP contribution is 2.45. The van der Waals surface area contributed by atoms with Crippen LogP contribution in [-0.4, -0.2) is 17.1 Å². The second kappa shape index (κ2) is 3.75. The van der Waals surface area contributed by atoms with Crippen molar-refractivity contribution in [2.75, 3.05) is 11.6 Å². The van der Waals surface area contributed by atoms with E-state index in [0.29, 0.717) is 0 Å². The normalized spacial score (nSPS) is 18.1. The third-order valence-corrected chi connectivity index (χ3v) is 3.27. The Bertz CT molecular complexity index is 492. The summed E-state index contributed by atoms with van der Waals surface area (Å²) in [4.78, 5) is 21.6. The third kappa shape index (κ3) is 1.44. The van der Waals surface area contributed by atoms with Crippen molar-refractivity contribution in [3.63, 3.8) is 0 Å². The molecular weight excluding hydrogens is 235 g/mol. The van der Waals surface area contributed by atoms with Gasteiger partial charge in [0.25, 0.3) is 5.69 Å². The van der Waals surface area contributed by atoms with Crippen molar-refractivity contribution in [3.8, 4) is 0 Å². The van der Waals surface area contributed by atoms with Gasteiger partial charge in [-0.1, -0.05) is 0 Å². The molecule has 84 valence electrons. The molecule has 1 aromatic rings. The molecule has 2 rings (SSSR count). The zero-order valence-corrected chi connectivity index (χ0v) is 9.01. The quantitative estimate of drug-likeness (QED) is 0.636. The monoisotopic (exact) mass is 242 g/mol. The van der Waals surface area contributed by atoms with Gasteiger partial charge in [-0.15, -0.1) is 11.8 Å². The number of anilines is 1. The summed E-state index contributed by atoms with van der Waals surface area (Å²) in [6, 6.07) is 2.07. The van der Waals surface area contributed by atoms with Crippen molar-refractivity contribution in [2.45, 2.75) is 5.25 Å². The van der Waals surface area contributed by atoms with Crippen LogP contribution in [0.15, 0.2) is 12.1 Å². The second-order valence-electron chi connectivity index (χ2n) is 3.22. The van der Waals surface area contributed by atoms with Crippen molar-refractivity contribution in [2.24, 2.45) is 0 Å². The number of nitrogens with zero attached hydrogens (tertiary/aromatic N) is 1. The van der Waals surface area contributed by atoms with E-state index in [9.17, 15) is 19.3 Å². The maximum Gasteiger partial charge on any atom is 0.276 e. The molecule has 7 heteroatoms. The maximum absolute atomic E-state index is 13.4. The first kappa shape index (κ1) is 10.9. The summed E-state index contributed by atoms with van der Waals surface area (Å²) in [5, 5.41) is 12.4. The number of benzene rings is 1. The minimum Gasteiger partial charge on any atom is -0.322 e. The molecule has 0 spiro atoms. The number of nitro benzene ring substituents is 1. The molecule has 1 amide bonds. The lowest BCUT2D eigenvalue weighted by atomic mass is 10.1. The van der Waals surface area contributed by atoms with E-state index in [0.717, 1.165) is 23.9 Å². The van der Waals surface area contributed by atoms with Crippen LogP contribution < -0.4 is 5.32 Å². The molecule has 1 heterocycles. The van der Waals surface area contributed by atoms with Crippen molar-refractivity contribution < 1.29 is 14.1 Å². The number of carbonyl (C=O) groups is 1. The van der Waals surface area contributed by atoms with Crippen molar-refractivity contribution in [1.82, 2.24) is 0 Å². The molecule has 0 saturated heterocycles. The largest absolute Gasteiger partial charge is 0.322 e. The van der Waals surface area contributed by atoms with E-state index in [1.807, 2.05) is 0 Å². The van der Waals surface area contributed by atoms with E-state index >= 15 is 0 Å². The summed E-state index contributed by atoms with van der Waals surface area (Å²) >= 11 is 1.14. The molecule has 16 heavy (non-hydrogen) atoms. The summed E-state index contributed by atoms with van der Waals surface area (Å²) in [6.07, 6.45) is 1.65. The molecule has 0 saturated carbocycles. The standard InChI is InChI=1S/C9H7FN2O3S/c1-16-8-6-5(12(14)15)3-2-4(10)7(6)11-9(8)13/h2-3,8H,1H3,(H,11,13). The second-order valence-corrected chi connectivity index (χ2v) is 4.16. The Kier molecular flexibility index (Phi) is 2.55. The summed E-state index contributed by atoms with van der Waals surface area (Å²) in [7, 11) is 0. The molecule has 0 aromatic heterocycles. The highest BCUT2D eigenvalue weighted by Gasteiger charge is 2.38. The Hall–Kier alpha value is -1.63. The zero-order valence-electron chi connectivity index (χ0n) is 8.19. The SMILES string of the molecule is CSC1C(=O)Nc2c(F)ccc([N+](=O)[O-])c21. The van der Waals surface area contributed by atoms with Gasteiger partial charge in [-0.05, 0) is 12.3 Å². The predicted octanol–water partition coefficient (Wildman–Crippen LogP) is 2.09. The summed E-state index contributed by atoms with van der Waals surface area (Å²) in [5.74, 6) is -1.07. The third-order valence-electron chi connectivity index (χ3n) is 2.35. The number of amides is 1.